The molecule has 112 valence electrons. The van der Waals surface area contributed by atoms with Crippen molar-refractivity contribution in [2.24, 2.45) is 0 Å². The number of ether oxygens (including phenoxy) is 1. The van der Waals surface area contributed by atoms with E-state index in [2.05, 4.69) is 9.46 Å². The van der Waals surface area contributed by atoms with Crippen LogP contribution in [-0.2, 0) is 19.6 Å². The number of rotatable bonds is 8. The first-order valence-electron chi connectivity index (χ1n) is 6.59. The molecule has 0 atom stereocenters. The van der Waals surface area contributed by atoms with Crippen LogP contribution in [0, 0.1) is 6.92 Å². The summed E-state index contributed by atoms with van der Waals surface area (Å²) in [5.41, 5.74) is 1.02. The Morgan fingerprint density at radius 2 is 1.80 bits per heavy atom. The van der Waals surface area contributed by atoms with E-state index in [0.717, 1.165) is 12.0 Å². The lowest BCUT2D eigenvalue weighted by Gasteiger charge is -2.07. The van der Waals surface area contributed by atoms with E-state index in [0.29, 0.717) is 25.8 Å². The van der Waals surface area contributed by atoms with Gasteiger partial charge >= 0.3 is 5.97 Å². The molecule has 1 aromatic carbocycles. The van der Waals surface area contributed by atoms with Crippen molar-refractivity contribution in [2.75, 3.05) is 13.7 Å². The largest absolute Gasteiger partial charge is 0.469 e. The second-order valence-electron chi connectivity index (χ2n) is 4.60. The van der Waals surface area contributed by atoms with Gasteiger partial charge in [-0.15, -0.1) is 0 Å². The van der Waals surface area contributed by atoms with Crippen LogP contribution in [-0.4, -0.2) is 28.0 Å². The van der Waals surface area contributed by atoms with Gasteiger partial charge < -0.3 is 4.74 Å². The lowest BCUT2D eigenvalue weighted by Crippen LogP contribution is -2.24. The maximum atomic E-state index is 11.9. The molecule has 0 amide bonds. The van der Waals surface area contributed by atoms with Crippen molar-refractivity contribution < 1.29 is 17.9 Å². The van der Waals surface area contributed by atoms with Crippen molar-refractivity contribution in [3.8, 4) is 0 Å². The normalized spacial score (nSPS) is 11.3. The Balaban J connectivity index is 2.30. The SMILES string of the molecule is COC(=O)CCCCCNS(=O)(=O)c1ccc(C)cc1. The first kappa shape index (κ1) is 16.7. The fraction of sp³-hybridized carbons (Fsp3) is 0.500. The van der Waals surface area contributed by atoms with Crippen LogP contribution < -0.4 is 4.72 Å². The third-order valence-corrected chi connectivity index (χ3v) is 4.39. The van der Waals surface area contributed by atoms with E-state index in [-0.39, 0.29) is 10.9 Å². The predicted molar refractivity (Wildman–Crippen MR) is 76.9 cm³/mol. The number of nitrogens with one attached hydrogen (secondary N) is 1. The number of sulfonamides is 1. The number of hydrogen-bond acceptors (Lipinski definition) is 4. The van der Waals surface area contributed by atoms with Gasteiger partial charge in [-0.05, 0) is 31.9 Å². The first-order valence-corrected chi connectivity index (χ1v) is 8.07. The molecule has 1 N–H and O–H groups in total. The van der Waals surface area contributed by atoms with E-state index in [4.69, 9.17) is 0 Å². The minimum Gasteiger partial charge on any atom is -0.469 e. The van der Waals surface area contributed by atoms with Gasteiger partial charge in [0.15, 0.2) is 0 Å². The fourth-order valence-corrected chi connectivity index (χ4v) is 2.75. The molecule has 1 aromatic rings. The molecular formula is C14H21NO4S. The van der Waals surface area contributed by atoms with Gasteiger partial charge in [0.1, 0.15) is 0 Å². The molecule has 0 spiro atoms. The van der Waals surface area contributed by atoms with Crippen LogP contribution in [0.2, 0.25) is 0 Å². The van der Waals surface area contributed by atoms with E-state index in [1.807, 2.05) is 6.92 Å². The van der Waals surface area contributed by atoms with Crippen molar-refractivity contribution in [3.05, 3.63) is 29.8 Å². The number of carbonyl (C=O) groups excluding carboxylic acids is 1. The molecule has 0 fully saturated rings. The highest BCUT2D eigenvalue weighted by Gasteiger charge is 2.12. The Labute approximate surface area is 120 Å². The zero-order valence-corrected chi connectivity index (χ0v) is 12.7. The quantitative estimate of drug-likeness (QED) is 0.588. The third kappa shape index (κ3) is 5.71. The van der Waals surface area contributed by atoms with Gasteiger partial charge in [-0.3, -0.25) is 4.79 Å². The number of aryl methyl sites for hydroxylation is 1. The Kier molecular flexibility index (Phi) is 6.67. The Morgan fingerprint density at radius 3 is 2.40 bits per heavy atom. The number of esters is 1. The second-order valence-corrected chi connectivity index (χ2v) is 6.36. The molecule has 6 heteroatoms. The van der Waals surface area contributed by atoms with Gasteiger partial charge in [0.2, 0.25) is 10.0 Å². The molecular weight excluding hydrogens is 278 g/mol. The molecule has 0 heterocycles. The van der Waals surface area contributed by atoms with E-state index < -0.39 is 10.0 Å². The van der Waals surface area contributed by atoms with Crippen molar-refractivity contribution in [1.82, 2.24) is 4.72 Å². The Morgan fingerprint density at radius 1 is 1.15 bits per heavy atom. The minimum absolute atomic E-state index is 0.231. The van der Waals surface area contributed by atoms with Crippen LogP contribution in [0.1, 0.15) is 31.2 Å². The monoisotopic (exact) mass is 299 g/mol. The molecule has 0 bridgehead atoms. The number of carbonyl (C=O) groups is 1. The molecule has 0 radical (unpaired) electrons. The highest BCUT2D eigenvalue weighted by atomic mass is 32.2. The van der Waals surface area contributed by atoms with Crippen LogP contribution >= 0.6 is 0 Å². The Hall–Kier alpha value is -1.40. The minimum atomic E-state index is -3.43. The molecule has 1 rings (SSSR count). The average Bonchev–Trinajstić information content (AvgIpc) is 2.42. The van der Waals surface area contributed by atoms with Crippen LogP contribution in [0.15, 0.2) is 29.2 Å². The molecule has 0 aliphatic carbocycles. The maximum absolute atomic E-state index is 11.9. The highest BCUT2D eigenvalue weighted by Crippen LogP contribution is 2.10. The van der Waals surface area contributed by atoms with Gasteiger partial charge in [-0.1, -0.05) is 24.1 Å². The molecule has 0 aromatic heterocycles. The summed E-state index contributed by atoms with van der Waals surface area (Å²) in [5.74, 6) is -0.231. The first-order chi connectivity index (χ1) is 9.45. The number of hydrogen-bond donors (Lipinski definition) is 1. The van der Waals surface area contributed by atoms with Gasteiger partial charge in [-0.25, -0.2) is 13.1 Å². The fourth-order valence-electron chi connectivity index (χ4n) is 1.68. The van der Waals surface area contributed by atoms with Gasteiger partial charge in [-0.2, -0.15) is 0 Å². The van der Waals surface area contributed by atoms with Crippen LogP contribution in [0.25, 0.3) is 0 Å². The van der Waals surface area contributed by atoms with Gasteiger partial charge in [0.25, 0.3) is 0 Å². The third-order valence-electron chi connectivity index (χ3n) is 2.91. The topological polar surface area (TPSA) is 72.5 Å². The summed E-state index contributed by atoms with van der Waals surface area (Å²) >= 11 is 0. The number of methoxy groups -OCH3 is 1. The lowest BCUT2D eigenvalue weighted by molar-refractivity contribution is -0.140. The summed E-state index contributed by atoms with van der Waals surface area (Å²) in [6, 6.07) is 6.72. The van der Waals surface area contributed by atoms with Gasteiger partial charge in [0, 0.05) is 13.0 Å². The molecule has 0 saturated carbocycles. The summed E-state index contributed by atoms with van der Waals surface area (Å²) in [4.78, 5) is 11.2. The summed E-state index contributed by atoms with van der Waals surface area (Å²) in [5, 5.41) is 0. The van der Waals surface area contributed by atoms with Crippen molar-refractivity contribution in [2.45, 2.75) is 37.5 Å². The Bertz CT molecular complexity index is 523. The zero-order valence-electron chi connectivity index (χ0n) is 11.9. The molecule has 0 saturated heterocycles. The molecule has 0 unspecified atom stereocenters. The molecule has 0 aliphatic heterocycles. The van der Waals surface area contributed by atoms with E-state index in [9.17, 15) is 13.2 Å². The number of unbranched alkanes of at least 4 members (excludes halogenated alkanes) is 2. The van der Waals surface area contributed by atoms with Gasteiger partial charge in [0.05, 0.1) is 12.0 Å². The van der Waals surface area contributed by atoms with Crippen LogP contribution in [0.5, 0.6) is 0 Å². The average molecular weight is 299 g/mol. The smallest absolute Gasteiger partial charge is 0.305 e. The van der Waals surface area contributed by atoms with Crippen LogP contribution in [0.3, 0.4) is 0 Å². The lowest BCUT2D eigenvalue weighted by atomic mass is 10.2. The molecule has 5 nitrogen and oxygen atoms in total. The summed E-state index contributed by atoms with van der Waals surface area (Å²) < 4.78 is 31.0. The predicted octanol–water partition coefficient (Wildman–Crippen LogP) is 2.01. The standard InChI is InChI=1S/C14H21NO4S/c1-12-7-9-13(10-8-12)20(17,18)15-11-5-3-4-6-14(16)19-2/h7-10,15H,3-6,11H2,1-2H3. The van der Waals surface area contributed by atoms with E-state index in [1.54, 1.807) is 24.3 Å². The highest BCUT2D eigenvalue weighted by molar-refractivity contribution is 7.89. The zero-order chi connectivity index (χ0) is 15.0. The summed E-state index contributed by atoms with van der Waals surface area (Å²) in [7, 11) is -2.07. The molecule has 20 heavy (non-hydrogen) atoms. The summed E-state index contributed by atoms with van der Waals surface area (Å²) in [6.07, 6.45) is 2.56. The van der Waals surface area contributed by atoms with Crippen molar-refractivity contribution in [3.63, 3.8) is 0 Å². The van der Waals surface area contributed by atoms with Crippen molar-refractivity contribution in [1.29, 1.82) is 0 Å². The maximum Gasteiger partial charge on any atom is 0.305 e. The van der Waals surface area contributed by atoms with E-state index >= 15 is 0 Å². The second kappa shape index (κ2) is 8.01. The summed E-state index contributed by atoms with van der Waals surface area (Å²) in [6.45, 7) is 2.28. The number of benzene rings is 1. The molecule has 0 aliphatic rings. The van der Waals surface area contributed by atoms with E-state index in [1.165, 1.54) is 7.11 Å². The van der Waals surface area contributed by atoms with Crippen molar-refractivity contribution >= 4 is 16.0 Å². The van der Waals surface area contributed by atoms with Crippen LogP contribution in [0.4, 0.5) is 0 Å².